The van der Waals surface area contributed by atoms with E-state index in [2.05, 4.69) is 20.4 Å². The Morgan fingerprint density at radius 3 is 2.73 bits per heavy atom. The second-order valence-corrected chi connectivity index (χ2v) is 5.86. The lowest BCUT2D eigenvalue weighted by molar-refractivity contribution is -0.121. The molecular formula is C18H18FN5O2. The summed E-state index contributed by atoms with van der Waals surface area (Å²) < 4.78 is 18.2. The normalized spacial score (nSPS) is 11.9. The quantitative estimate of drug-likeness (QED) is 0.674. The van der Waals surface area contributed by atoms with Crippen LogP contribution in [-0.4, -0.2) is 27.6 Å². The molecule has 0 bridgehead atoms. The van der Waals surface area contributed by atoms with Gasteiger partial charge in [0.25, 0.3) is 5.89 Å². The van der Waals surface area contributed by atoms with E-state index in [0.29, 0.717) is 29.5 Å². The van der Waals surface area contributed by atoms with Gasteiger partial charge in [-0.15, -0.1) is 0 Å². The molecule has 0 spiro atoms. The topological polar surface area (TPSA) is 107 Å². The third kappa shape index (κ3) is 4.21. The van der Waals surface area contributed by atoms with E-state index in [9.17, 15) is 9.18 Å². The maximum atomic E-state index is 13.0. The van der Waals surface area contributed by atoms with Gasteiger partial charge in [-0.1, -0.05) is 17.3 Å². The van der Waals surface area contributed by atoms with Crippen LogP contribution in [0.15, 0.2) is 47.1 Å². The van der Waals surface area contributed by atoms with Gasteiger partial charge in [0.2, 0.25) is 5.91 Å². The first-order valence-electron chi connectivity index (χ1n) is 8.06. The number of rotatable bonds is 7. The lowest BCUT2D eigenvalue weighted by Crippen LogP contribution is -2.31. The SMILES string of the molecule is Cc1noc(-c2cccnc2NCC(Cc2ccc(F)cc2)C(N)=O)n1. The van der Waals surface area contributed by atoms with Gasteiger partial charge in [-0.05, 0) is 43.2 Å². The van der Waals surface area contributed by atoms with Gasteiger partial charge in [0.1, 0.15) is 11.6 Å². The van der Waals surface area contributed by atoms with E-state index < -0.39 is 11.8 Å². The van der Waals surface area contributed by atoms with Crippen LogP contribution in [0.1, 0.15) is 11.4 Å². The van der Waals surface area contributed by atoms with Gasteiger partial charge in [0, 0.05) is 12.7 Å². The number of carbonyl (C=O) groups excluding carboxylic acids is 1. The average Bonchev–Trinajstić information content (AvgIpc) is 3.06. The summed E-state index contributed by atoms with van der Waals surface area (Å²) in [5, 5.41) is 6.89. The van der Waals surface area contributed by atoms with Crippen molar-refractivity contribution in [1.29, 1.82) is 0 Å². The number of nitrogens with zero attached hydrogens (tertiary/aromatic N) is 3. The Labute approximate surface area is 149 Å². The molecule has 1 unspecified atom stereocenters. The molecule has 0 aliphatic heterocycles. The van der Waals surface area contributed by atoms with Crippen molar-refractivity contribution in [3.05, 3.63) is 59.8 Å². The minimum atomic E-state index is -0.486. The summed E-state index contributed by atoms with van der Waals surface area (Å²) in [5.41, 5.74) is 6.98. The summed E-state index contributed by atoms with van der Waals surface area (Å²) in [5.74, 6) is 0.109. The third-order valence-corrected chi connectivity index (χ3v) is 3.88. The van der Waals surface area contributed by atoms with E-state index in [1.54, 1.807) is 37.4 Å². The molecule has 0 radical (unpaired) electrons. The number of pyridine rings is 1. The van der Waals surface area contributed by atoms with E-state index in [-0.39, 0.29) is 12.4 Å². The summed E-state index contributed by atoms with van der Waals surface area (Å²) >= 11 is 0. The van der Waals surface area contributed by atoms with Gasteiger partial charge in [0.05, 0.1) is 11.5 Å². The van der Waals surface area contributed by atoms with Crippen LogP contribution in [0.5, 0.6) is 0 Å². The van der Waals surface area contributed by atoms with Crippen LogP contribution in [0, 0.1) is 18.7 Å². The van der Waals surface area contributed by atoms with E-state index in [1.165, 1.54) is 12.1 Å². The molecule has 1 aromatic carbocycles. The zero-order chi connectivity index (χ0) is 18.5. The highest BCUT2D eigenvalue weighted by Crippen LogP contribution is 2.24. The first kappa shape index (κ1) is 17.5. The van der Waals surface area contributed by atoms with Crippen LogP contribution < -0.4 is 11.1 Å². The molecular weight excluding hydrogens is 337 g/mol. The molecule has 2 heterocycles. The molecule has 2 aromatic heterocycles. The van der Waals surface area contributed by atoms with Gasteiger partial charge in [-0.3, -0.25) is 4.79 Å². The Morgan fingerprint density at radius 1 is 1.31 bits per heavy atom. The smallest absolute Gasteiger partial charge is 0.261 e. The Morgan fingerprint density at radius 2 is 2.08 bits per heavy atom. The van der Waals surface area contributed by atoms with E-state index in [1.807, 2.05) is 0 Å². The van der Waals surface area contributed by atoms with Crippen molar-refractivity contribution in [2.45, 2.75) is 13.3 Å². The van der Waals surface area contributed by atoms with Crippen molar-refractivity contribution in [3.8, 4) is 11.5 Å². The van der Waals surface area contributed by atoms with Gasteiger partial charge >= 0.3 is 0 Å². The van der Waals surface area contributed by atoms with Crippen molar-refractivity contribution in [2.24, 2.45) is 11.7 Å². The fourth-order valence-corrected chi connectivity index (χ4v) is 2.52. The number of hydrogen-bond donors (Lipinski definition) is 2. The standard InChI is InChI=1S/C18H18FN5O2/c1-11-23-18(26-24-11)15-3-2-8-21-17(15)22-10-13(16(20)25)9-12-4-6-14(19)7-5-12/h2-8,13H,9-10H2,1H3,(H2,20,25)(H,21,22). The van der Waals surface area contributed by atoms with Gasteiger partial charge in [0.15, 0.2) is 5.82 Å². The Bertz CT molecular complexity index is 895. The molecule has 0 aliphatic carbocycles. The minimum absolute atomic E-state index is 0.268. The molecule has 0 aliphatic rings. The number of nitrogens with two attached hydrogens (primary N) is 1. The van der Waals surface area contributed by atoms with Crippen molar-refractivity contribution in [2.75, 3.05) is 11.9 Å². The number of aromatic nitrogens is 3. The fraction of sp³-hybridized carbons (Fsp3) is 0.222. The highest BCUT2D eigenvalue weighted by atomic mass is 19.1. The predicted octanol–water partition coefficient (Wildman–Crippen LogP) is 2.34. The van der Waals surface area contributed by atoms with Gasteiger partial charge in [-0.2, -0.15) is 4.98 Å². The molecule has 7 nitrogen and oxygen atoms in total. The zero-order valence-corrected chi connectivity index (χ0v) is 14.1. The van der Waals surface area contributed by atoms with E-state index in [4.69, 9.17) is 10.3 Å². The van der Waals surface area contributed by atoms with Crippen LogP contribution >= 0.6 is 0 Å². The number of aryl methyl sites for hydroxylation is 1. The Hall–Kier alpha value is -3.29. The molecule has 0 saturated carbocycles. The Kier molecular flexibility index (Phi) is 5.21. The third-order valence-electron chi connectivity index (χ3n) is 3.88. The lowest BCUT2D eigenvalue weighted by atomic mass is 9.98. The van der Waals surface area contributed by atoms with Crippen molar-refractivity contribution >= 4 is 11.7 Å². The number of anilines is 1. The first-order valence-corrected chi connectivity index (χ1v) is 8.06. The second kappa shape index (κ2) is 7.73. The van der Waals surface area contributed by atoms with Crippen LogP contribution in [0.25, 0.3) is 11.5 Å². The monoisotopic (exact) mass is 355 g/mol. The number of nitrogens with one attached hydrogen (secondary N) is 1. The highest BCUT2D eigenvalue weighted by Gasteiger charge is 2.18. The number of halogens is 1. The second-order valence-electron chi connectivity index (χ2n) is 5.86. The number of amides is 1. The Balaban J connectivity index is 1.74. The molecule has 3 rings (SSSR count). The van der Waals surface area contributed by atoms with Crippen molar-refractivity contribution < 1.29 is 13.7 Å². The summed E-state index contributed by atoms with van der Waals surface area (Å²) in [4.78, 5) is 20.3. The highest BCUT2D eigenvalue weighted by molar-refractivity contribution is 5.78. The summed E-state index contributed by atoms with van der Waals surface area (Å²) in [6.45, 7) is 1.99. The molecule has 3 N–H and O–H groups in total. The number of primary amides is 1. The van der Waals surface area contributed by atoms with Crippen LogP contribution in [0.4, 0.5) is 10.2 Å². The van der Waals surface area contributed by atoms with Crippen molar-refractivity contribution in [3.63, 3.8) is 0 Å². The molecule has 3 aromatic rings. The lowest BCUT2D eigenvalue weighted by Gasteiger charge is -2.16. The minimum Gasteiger partial charge on any atom is -0.369 e. The number of carbonyl (C=O) groups is 1. The molecule has 1 atom stereocenters. The van der Waals surface area contributed by atoms with E-state index in [0.717, 1.165) is 5.56 Å². The summed E-state index contributed by atoms with van der Waals surface area (Å²) in [6, 6.07) is 9.54. The van der Waals surface area contributed by atoms with Crippen LogP contribution in [-0.2, 0) is 11.2 Å². The molecule has 8 heteroatoms. The zero-order valence-electron chi connectivity index (χ0n) is 14.1. The maximum absolute atomic E-state index is 13.0. The van der Waals surface area contributed by atoms with Crippen LogP contribution in [0.2, 0.25) is 0 Å². The number of hydrogen-bond acceptors (Lipinski definition) is 6. The number of benzene rings is 1. The van der Waals surface area contributed by atoms with E-state index >= 15 is 0 Å². The van der Waals surface area contributed by atoms with Gasteiger partial charge < -0.3 is 15.6 Å². The fourth-order valence-electron chi connectivity index (χ4n) is 2.52. The molecule has 0 saturated heterocycles. The molecule has 1 amide bonds. The summed E-state index contributed by atoms with van der Waals surface area (Å²) in [7, 11) is 0. The van der Waals surface area contributed by atoms with Crippen LogP contribution in [0.3, 0.4) is 0 Å². The maximum Gasteiger partial charge on any atom is 0.261 e. The molecule has 0 fully saturated rings. The molecule has 26 heavy (non-hydrogen) atoms. The summed E-state index contributed by atoms with van der Waals surface area (Å²) in [6.07, 6.45) is 2.01. The first-order chi connectivity index (χ1) is 12.5. The molecule has 134 valence electrons. The van der Waals surface area contributed by atoms with Crippen molar-refractivity contribution in [1.82, 2.24) is 15.1 Å². The van der Waals surface area contributed by atoms with Gasteiger partial charge in [-0.25, -0.2) is 9.37 Å². The average molecular weight is 355 g/mol. The predicted molar refractivity (Wildman–Crippen MR) is 93.5 cm³/mol. The largest absolute Gasteiger partial charge is 0.369 e.